The molecule has 0 radical (unpaired) electrons. The summed E-state index contributed by atoms with van der Waals surface area (Å²) in [6.07, 6.45) is 12.3. The lowest BCUT2D eigenvalue weighted by Crippen LogP contribution is -2.46. The third-order valence-electron chi connectivity index (χ3n) is 5.53. The molecular weight excluding hydrogens is 292 g/mol. The summed E-state index contributed by atoms with van der Waals surface area (Å²) in [5, 5.41) is 5.92. The standard InChI is InChI=1S/C18H26N2O3/c21-12-18-11-13(18)7-4-2-1-3-5-10-19-16(22)14-8-6-9-15(14)17(23)20-18/h4,7,12-15H,1-3,5-6,8-11H2,(H,19,22)(H,20,23)/b7-4-/t13-,14-,15-,18+/m1/s1. The highest BCUT2D eigenvalue weighted by atomic mass is 16.2. The molecule has 2 N–H and O–H groups in total. The molecule has 3 aliphatic rings. The van der Waals surface area contributed by atoms with Crippen LogP contribution in [-0.4, -0.2) is 30.2 Å². The lowest BCUT2D eigenvalue weighted by atomic mass is 9.93. The average molecular weight is 318 g/mol. The van der Waals surface area contributed by atoms with Gasteiger partial charge in [-0.2, -0.15) is 0 Å². The van der Waals surface area contributed by atoms with Crippen molar-refractivity contribution in [3.63, 3.8) is 0 Å². The van der Waals surface area contributed by atoms with Gasteiger partial charge >= 0.3 is 0 Å². The first-order valence-electron chi connectivity index (χ1n) is 8.89. The van der Waals surface area contributed by atoms with Crippen molar-refractivity contribution in [2.45, 2.75) is 56.9 Å². The van der Waals surface area contributed by atoms with Gasteiger partial charge in [0.05, 0.1) is 0 Å². The second kappa shape index (κ2) is 6.85. The van der Waals surface area contributed by atoms with Gasteiger partial charge in [-0.3, -0.25) is 9.59 Å². The Balaban J connectivity index is 1.74. The minimum atomic E-state index is -0.725. The maximum Gasteiger partial charge on any atom is 0.224 e. The molecule has 126 valence electrons. The van der Waals surface area contributed by atoms with Gasteiger partial charge in [0, 0.05) is 24.3 Å². The highest BCUT2D eigenvalue weighted by molar-refractivity contribution is 5.91. The van der Waals surface area contributed by atoms with Crippen molar-refractivity contribution in [1.29, 1.82) is 0 Å². The molecule has 2 amide bonds. The van der Waals surface area contributed by atoms with Gasteiger partial charge in [0.2, 0.25) is 11.8 Å². The Morgan fingerprint density at radius 3 is 2.61 bits per heavy atom. The summed E-state index contributed by atoms with van der Waals surface area (Å²) in [7, 11) is 0. The highest BCUT2D eigenvalue weighted by Crippen LogP contribution is 2.44. The molecule has 1 heterocycles. The molecule has 0 unspecified atom stereocenters. The monoisotopic (exact) mass is 318 g/mol. The number of fused-ring (bicyclic) bond motifs is 2. The molecule has 2 aliphatic carbocycles. The van der Waals surface area contributed by atoms with E-state index in [-0.39, 0.29) is 29.6 Å². The van der Waals surface area contributed by atoms with Crippen LogP contribution in [0.25, 0.3) is 0 Å². The Hall–Kier alpha value is -1.65. The molecule has 2 saturated carbocycles. The van der Waals surface area contributed by atoms with Crippen LogP contribution in [0.2, 0.25) is 0 Å². The smallest absolute Gasteiger partial charge is 0.224 e. The molecule has 0 spiro atoms. The third-order valence-corrected chi connectivity index (χ3v) is 5.53. The molecule has 0 bridgehead atoms. The summed E-state index contributed by atoms with van der Waals surface area (Å²) in [4.78, 5) is 36.4. The lowest BCUT2D eigenvalue weighted by molar-refractivity contribution is -0.134. The van der Waals surface area contributed by atoms with Gasteiger partial charge in [0.1, 0.15) is 11.8 Å². The van der Waals surface area contributed by atoms with E-state index in [4.69, 9.17) is 0 Å². The molecule has 1 aliphatic heterocycles. The number of aldehydes is 1. The SMILES string of the molecule is O=C[C@@]12C[C@H]1/C=C\CCCCCNC(=O)[C@@H]1CCC[C@H]1C(=O)N2. The zero-order chi connectivity index (χ0) is 16.3. The van der Waals surface area contributed by atoms with Crippen LogP contribution in [-0.2, 0) is 14.4 Å². The number of amides is 2. The van der Waals surface area contributed by atoms with Gasteiger partial charge in [-0.05, 0) is 38.5 Å². The molecule has 23 heavy (non-hydrogen) atoms. The summed E-state index contributed by atoms with van der Waals surface area (Å²) in [6, 6.07) is 0. The highest BCUT2D eigenvalue weighted by Gasteiger charge is 2.55. The fourth-order valence-corrected chi connectivity index (χ4v) is 3.93. The number of carbonyl (C=O) groups is 3. The average Bonchev–Trinajstić information content (AvgIpc) is 2.99. The van der Waals surface area contributed by atoms with E-state index in [0.717, 1.165) is 51.2 Å². The first kappa shape index (κ1) is 16.2. The topological polar surface area (TPSA) is 75.3 Å². The molecule has 0 saturated heterocycles. The largest absolute Gasteiger partial charge is 0.356 e. The van der Waals surface area contributed by atoms with Crippen LogP contribution < -0.4 is 10.6 Å². The van der Waals surface area contributed by atoms with Crippen molar-refractivity contribution >= 4 is 18.1 Å². The number of carbonyl (C=O) groups excluding carboxylic acids is 3. The van der Waals surface area contributed by atoms with E-state index in [1.165, 1.54) is 0 Å². The van der Waals surface area contributed by atoms with E-state index in [0.29, 0.717) is 13.0 Å². The van der Waals surface area contributed by atoms with Crippen LogP contribution >= 0.6 is 0 Å². The van der Waals surface area contributed by atoms with Crippen molar-refractivity contribution in [3.05, 3.63) is 12.2 Å². The summed E-state index contributed by atoms with van der Waals surface area (Å²) in [5.74, 6) is -0.537. The first-order valence-corrected chi connectivity index (χ1v) is 8.89. The molecule has 2 fully saturated rings. The van der Waals surface area contributed by atoms with Gasteiger partial charge in [-0.1, -0.05) is 25.0 Å². The second-order valence-corrected chi connectivity index (χ2v) is 7.17. The van der Waals surface area contributed by atoms with Crippen LogP contribution in [0.5, 0.6) is 0 Å². The minimum Gasteiger partial charge on any atom is -0.356 e. The fraction of sp³-hybridized carbons (Fsp3) is 0.722. The summed E-state index contributed by atoms with van der Waals surface area (Å²) in [6.45, 7) is 0.689. The maximum atomic E-state index is 12.6. The molecule has 5 heteroatoms. The molecule has 0 aromatic carbocycles. The van der Waals surface area contributed by atoms with Gasteiger partial charge in [0.25, 0.3) is 0 Å². The van der Waals surface area contributed by atoms with Crippen molar-refractivity contribution in [3.8, 4) is 0 Å². The van der Waals surface area contributed by atoms with E-state index >= 15 is 0 Å². The summed E-state index contributed by atoms with van der Waals surface area (Å²) < 4.78 is 0. The number of rotatable bonds is 1. The van der Waals surface area contributed by atoms with Gasteiger partial charge < -0.3 is 15.4 Å². The van der Waals surface area contributed by atoms with Crippen molar-refractivity contribution < 1.29 is 14.4 Å². The number of hydrogen-bond acceptors (Lipinski definition) is 3. The van der Waals surface area contributed by atoms with Crippen molar-refractivity contribution in [2.75, 3.05) is 6.54 Å². The van der Waals surface area contributed by atoms with E-state index in [1.807, 2.05) is 0 Å². The Labute approximate surface area is 137 Å². The van der Waals surface area contributed by atoms with E-state index in [1.54, 1.807) is 0 Å². The predicted molar refractivity (Wildman–Crippen MR) is 86.5 cm³/mol. The Morgan fingerprint density at radius 1 is 1.04 bits per heavy atom. The number of nitrogens with one attached hydrogen (secondary N) is 2. The zero-order valence-corrected chi connectivity index (χ0v) is 13.6. The third kappa shape index (κ3) is 3.48. The Morgan fingerprint density at radius 2 is 1.83 bits per heavy atom. The van der Waals surface area contributed by atoms with Crippen LogP contribution in [0.1, 0.15) is 51.4 Å². The lowest BCUT2D eigenvalue weighted by Gasteiger charge is -2.21. The number of hydrogen-bond donors (Lipinski definition) is 2. The van der Waals surface area contributed by atoms with Crippen LogP contribution in [0.4, 0.5) is 0 Å². The Kier molecular flexibility index (Phi) is 4.83. The Bertz CT molecular complexity index is 516. The normalized spacial score (nSPS) is 39.7. The molecule has 5 nitrogen and oxygen atoms in total. The fourth-order valence-electron chi connectivity index (χ4n) is 3.93. The van der Waals surface area contributed by atoms with Crippen LogP contribution in [0.15, 0.2) is 12.2 Å². The van der Waals surface area contributed by atoms with Gasteiger partial charge in [-0.25, -0.2) is 0 Å². The number of allylic oxidation sites excluding steroid dienone is 1. The van der Waals surface area contributed by atoms with Gasteiger partial charge in [0.15, 0.2) is 0 Å². The van der Waals surface area contributed by atoms with E-state index in [2.05, 4.69) is 22.8 Å². The molecular formula is C18H26N2O3. The summed E-state index contributed by atoms with van der Waals surface area (Å²) in [5.41, 5.74) is -0.725. The van der Waals surface area contributed by atoms with Crippen LogP contribution in [0, 0.1) is 17.8 Å². The molecule has 4 atom stereocenters. The first-order chi connectivity index (χ1) is 11.2. The molecule has 0 aromatic rings. The minimum absolute atomic E-state index is 0.00291. The van der Waals surface area contributed by atoms with E-state index in [9.17, 15) is 14.4 Å². The van der Waals surface area contributed by atoms with E-state index < -0.39 is 5.54 Å². The molecule has 3 rings (SSSR count). The predicted octanol–water partition coefficient (Wildman–Crippen LogP) is 1.72. The maximum absolute atomic E-state index is 12.6. The second-order valence-electron chi connectivity index (χ2n) is 7.17. The quantitative estimate of drug-likeness (QED) is 0.571. The van der Waals surface area contributed by atoms with Crippen molar-refractivity contribution in [1.82, 2.24) is 10.6 Å². The van der Waals surface area contributed by atoms with Crippen LogP contribution in [0.3, 0.4) is 0 Å². The zero-order valence-electron chi connectivity index (χ0n) is 13.6. The van der Waals surface area contributed by atoms with Crippen molar-refractivity contribution in [2.24, 2.45) is 17.8 Å². The summed E-state index contributed by atoms with van der Waals surface area (Å²) >= 11 is 0. The molecule has 0 aromatic heterocycles. The van der Waals surface area contributed by atoms with Gasteiger partial charge in [-0.15, -0.1) is 0 Å².